The Morgan fingerprint density at radius 2 is 1.35 bits per heavy atom. The number of rotatable bonds is 14. The Balaban J connectivity index is 2.35. The molecule has 0 unspecified atom stereocenters. The molecule has 1 nitrogen and oxygen atoms in total. The Kier molecular flexibility index (Phi) is 11.6. The monoisotopic (exact) mass is 315 g/mol. The molecule has 1 aromatic carbocycles. The van der Waals surface area contributed by atoms with Gasteiger partial charge in [-0.2, -0.15) is 0 Å². The maximum atomic E-state index is 4.29. The molecule has 0 N–H and O–H groups in total. The summed E-state index contributed by atoms with van der Waals surface area (Å²) in [7, 11) is 0. The molecule has 0 radical (unpaired) electrons. The van der Waals surface area contributed by atoms with E-state index in [1.165, 1.54) is 75.6 Å². The minimum Gasteiger partial charge on any atom is -0.303 e. The normalized spacial score (nSPS) is 11.1. The summed E-state index contributed by atoms with van der Waals surface area (Å²) in [5.41, 5.74) is 2.57. The molecule has 0 saturated heterocycles. The molecule has 0 bridgehead atoms. The molecule has 1 aromatic rings. The van der Waals surface area contributed by atoms with E-state index in [0.717, 1.165) is 13.0 Å². The number of nitrogens with zero attached hydrogens (tertiary/aromatic N) is 1. The van der Waals surface area contributed by atoms with Gasteiger partial charge in [-0.05, 0) is 43.5 Å². The molecule has 1 rings (SSSR count). The second kappa shape index (κ2) is 13.4. The lowest BCUT2D eigenvalue weighted by Gasteiger charge is -2.23. The Morgan fingerprint density at radius 1 is 0.783 bits per heavy atom. The van der Waals surface area contributed by atoms with Gasteiger partial charge in [0.1, 0.15) is 0 Å². The minimum atomic E-state index is 1.09. The van der Waals surface area contributed by atoms with Crippen LogP contribution in [0.1, 0.15) is 77.2 Å². The van der Waals surface area contributed by atoms with Gasteiger partial charge in [-0.15, -0.1) is 0 Å². The van der Waals surface area contributed by atoms with Crippen molar-refractivity contribution in [3.05, 3.63) is 42.5 Å². The third-order valence-electron chi connectivity index (χ3n) is 4.57. The first-order valence-electron chi connectivity index (χ1n) is 9.73. The predicted molar refractivity (Wildman–Crippen MR) is 105 cm³/mol. The number of hydrogen-bond donors (Lipinski definition) is 0. The van der Waals surface area contributed by atoms with E-state index in [1.807, 2.05) is 0 Å². The molecular weight excluding hydrogens is 278 g/mol. The quantitative estimate of drug-likeness (QED) is 0.352. The van der Waals surface area contributed by atoms with E-state index in [-0.39, 0.29) is 0 Å². The van der Waals surface area contributed by atoms with Crippen LogP contribution >= 0.6 is 0 Å². The van der Waals surface area contributed by atoms with Crippen molar-refractivity contribution in [2.45, 2.75) is 71.6 Å². The Hall–Kier alpha value is -1.08. The van der Waals surface area contributed by atoms with Crippen molar-refractivity contribution in [2.75, 3.05) is 19.6 Å². The average molecular weight is 316 g/mol. The van der Waals surface area contributed by atoms with Crippen molar-refractivity contribution < 1.29 is 0 Å². The Bertz CT molecular complexity index is 384. The molecule has 130 valence electrons. The van der Waals surface area contributed by atoms with Gasteiger partial charge in [-0.3, -0.25) is 0 Å². The fourth-order valence-electron chi connectivity index (χ4n) is 2.97. The van der Waals surface area contributed by atoms with Crippen LogP contribution in [0.2, 0.25) is 0 Å². The molecule has 0 atom stereocenters. The molecule has 0 heterocycles. The zero-order valence-electron chi connectivity index (χ0n) is 15.5. The highest BCUT2D eigenvalue weighted by molar-refractivity contribution is 5.63. The fourth-order valence-corrected chi connectivity index (χ4v) is 2.97. The van der Waals surface area contributed by atoms with E-state index < -0.39 is 0 Å². The summed E-state index contributed by atoms with van der Waals surface area (Å²) in [6.45, 7) is 12.5. The van der Waals surface area contributed by atoms with Gasteiger partial charge in [0, 0.05) is 6.54 Å². The summed E-state index contributed by atoms with van der Waals surface area (Å²) in [4.78, 5) is 2.67. The van der Waals surface area contributed by atoms with E-state index >= 15 is 0 Å². The summed E-state index contributed by atoms with van der Waals surface area (Å²) in [6, 6.07) is 10.6. The highest BCUT2D eigenvalue weighted by Crippen LogP contribution is 2.16. The van der Waals surface area contributed by atoms with Gasteiger partial charge in [-0.1, -0.05) is 89.3 Å². The zero-order chi connectivity index (χ0) is 16.8. The lowest BCUT2D eigenvalue weighted by Crippen LogP contribution is -2.27. The molecule has 23 heavy (non-hydrogen) atoms. The topological polar surface area (TPSA) is 3.24 Å². The van der Waals surface area contributed by atoms with Crippen molar-refractivity contribution in [3.8, 4) is 0 Å². The first kappa shape index (κ1) is 20.0. The van der Waals surface area contributed by atoms with E-state index in [0.29, 0.717) is 0 Å². The first-order valence-corrected chi connectivity index (χ1v) is 9.73. The summed E-state index contributed by atoms with van der Waals surface area (Å²) in [5.74, 6) is 0. The van der Waals surface area contributed by atoms with Crippen molar-refractivity contribution in [2.24, 2.45) is 0 Å². The fraction of sp³-hybridized carbons (Fsp3) is 0.636. The van der Waals surface area contributed by atoms with Crippen LogP contribution in [-0.4, -0.2) is 24.5 Å². The van der Waals surface area contributed by atoms with Crippen LogP contribution in [0.15, 0.2) is 36.9 Å². The minimum absolute atomic E-state index is 1.09. The lowest BCUT2D eigenvalue weighted by molar-refractivity contribution is 0.266. The van der Waals surface area contributed by atoms with Crippen LogP contribution in [0.4, 0.5) is 0 Å². The van der Waals surface area contributed by atoms with Gasteiger partial charge in [0.05, 0.1) is 0 Å². The van der Waals surface area contributed by atoms with Gasteiger partial charge >= 0.3 is 0 Å². The molecule has 0 amide bonds. The van der Waals surface area contributed by atoms with Crippen molar-refractivity contribution >= 4 is 5.57 Å². The molecule has 0 aromatic heterocycles. The van der Waals surface area contributed by atoms with Crippen LogP contribution in [0, 0.1) is 0 Å². The SMILES string of the molecule is C=C(CCN(CCCCCC)CCCCCC)c1ccccc1. The molecular formula is C22H37N. The molecule has 0 aliphatic carbocycles. The van der Waals surface area contributed by atoms with Gasteiger partial charge in [0.25, 0.3) is 0 Å². The van der Waals surface area contributed by atoms with E-state index in [1.54, 1.807) is 0 Å². The molecule has 1 heteroatoms. The second-order valence-electron chi connectivity index (χ2n) is 6.68. The van der Waals surface area contributed by atoms with E-state index in [9.17, 15) is 0 Å². The zero-order valence-corrected chi connectivity index (χ0v) is 15.5. The van der Waals surface area contributed by atoms with Crippen LogP contribution in [0.3, 0.4) is 0 Å². The average Bonchev–Trinajstić information content (AvgIpc) is 2.60. The van der Waals surface area contributed by atoms with Crippen molar-refractivity contribution in [1.29, 1.82) is 0 Å². The molecule has 0 spiro atoms. The smallest absolute Gasteiger partial charge is 0.00218 e. The van der Waals surface area contributed by atoms with Crippen LogP contribution in [0.5, 0.6) is 0 Å². The first-order chi connectivity index (χ1) is 11.3. The second-order valence-corrected chi connectivity index (χ2v) is 6.68. The molecule has 0 aliphatic rings. The number of benzene rings is 1. The number of unbranched alkanes of at least 4 members (excludes halogenated alkanes) is 6. The van der Waals surface area contributed by atoms with Gasteiger partial charge < -0.3 is 4.90 Å². The third kappa shape index (κ3) is 9.61. The highest BCUT2D eigenvalue weighted by Gasteiger charge is 2.06. The van der Waals surface area contributed by atoms with Gasteiger partial charge in [0.2, 0.25) is 0 Å². The Labute approximate surface area is 144 Å². The summed E-state index contributed by atoms with van der Waals surface area (Å²) < 4.78 is 0. The number of hydrogen-bond acceptors (Lipinski definition) is 1. The van der Waals surface area contributed by atoms with Crippen LogP contribution in [0.25, 0.3) is 5.57 Å². The maximum absolute atomic E-state index is 4.29. The molecule has 0 fully saturated rings. The van der Waals surface area contributed by atoms with E-state index in [2.05, 4.69) is 55.7 Å². The van der Waals surface area contributed by atoms with Crippen LogP contribution in [-0.2, 0) is 0 Å². The standard InChI is InChI=1S/C22H37N/c1-4-6-8-13-18-23(19-14-9-7-5-2)20-17-21(3)22-15-11-10-12-16-22/h10-12,15-16H,3-9,13-14,17-20H2,1-2H3. The maximum Gasteiger partial charge on any atom is 0.00218 e. The van der Waals surface area contributed by atoms with Gasteiger partial charge in [-0.25, -0.2) is 0 Å². The summed E-state index contributed by atoms with van der Waals surface area (Å²) in [5, 5.41) is 0. The highest BCUT2D eigenvalue weighted by atomic mass is 15.1. The largest absolute Gasteiger partial charge is 0.303 e. The Morgan fingerprint density at radius 3 is 1.87 bits per heavy atom. The van der Waals surface area contributed by atoms with Crippen molar-refractivity contribution in [3.63, 3.8) is 0 Å². The third-order valence-corrected chi connectivity index (χ3v) is 4.57. The van der Waals surface area contributed by atoms with Gasteiger partial charge in [0.15, 0.2) is 0 Å². The van der Waals surface area contributed by atoms with Crippen LogP contribution < -0.4 is 0 Å². The summed E-state index contributed by atoms with van der Waals surface area (Å²) in [6.07, 6.45) is 11.9. The predicted octanol–water partition coefficient (Wildman–Crippen LogP) is 6.55. The van der Waals surface area contributed by atoms with E-state index in [4.69, 9.17) is 0 Å². The molecule has 0 aliphatic heterocycles. The molecule has 0 saturated carbocycles. The lowest BCUT2D eigenvalue weighted by atomic mass is 10.0. The summed E-state index contributed by atoms with van der Waals surface area (Å²) >= 11 is 0. The van der Waals surface area contributed by atoms with Crippen molar-refractivity contribution in [1.82, 2.24) is 4.90 Å².